The number of nitrogens with zero attached hydrogens (tertiary/aromatic N) is 1. The largest absolute Gasteiger partial charge is 0.506 e. The van der Waals surface area contributed by atoms with Crippen LogP contribution >= 0.6 is 11.6 Å². The van der Waals surface area contributed by atoms with Crippen LogP contribution in [0.2, 0.25) is 5.02 Å². The van der Waals surface area contributed by atoms with Crippen molar-refractivity contribution in [1.82, 2.24) is 0 Å². The molecule has 84 valence electrons. The normalized spacial score (nSPS) is 9.81. The summed E-state index contributed by atoms with van der Waals surface area (Å²) >= 11 is 5.66. The maximum atomic E-state index is 10.7. The van der Waals surface area contributed by atoms with Crippen molar-refractivity contribution in [3.05, 3.63) is 45.0 Å². The summed E-state index contributed by atoms with van der Waals surface area (Å²) in [5.41, 5.74) is -0.482. The quantitative estimate of drug-likeness (QED) is 0.380. The van der Waals surface area contributed by atoms with E-state index in [4.69, 9.17) is 11.6 Å². The highest BCUT2D eigenvalue weighted by Gasteiger charge is 2.22. The first-order valence-electron chi connectivity index (χ1n) is 4.27. The molecule has 0 radical (unpaired) electrons. The van der Waals surface area contributed by atoms with Gasteiger partial charge in [-0.15, -0.1) is 6.58 Å². The number of benzene rings is 1. The first-order chi connectivity index (χ1) is 7.52. The van der Waals surface area contributed by atoms with E-state index in [9.17, 15) is 20.0 Å². The molecule has 0 saturated heterocycles. The van der Waals surface area contributed by atoms with Crippen molar-refractivity contribution >= 4 is 23.6 Å². The topological polar surface area (TPSA) is 80.4 Å². The predicted molar refractivity (Wildman–Crippen MR) is 59.1 cm³/mol. The highest BCUT2D eigenvalue weighted by atomic mass is 35.5. The first-order valence-corrected chi connectivity index (χ1v) is 4.65. The summed E-state index contributed by atoms with van der Waals surface area (Å²) in [5.74, 6) is -0.325. The smallest absolute Gasteiger partial charge is 0.281 e. The lowest BCUT2D eigenvalue weighted by molar-refractivity contribution is -0.385. The number of nitro benzene ring substituents is 1. The molecule has 0 spiro atoms. The van der Waals surface area contributed by atoms with Crippen molar-refractivity contribution in [1.29, 1.82) is 0 Å². The van der Waals surface area contributed by atoms with E-state index in [1.165, 1.54) is 6.08 Å². The standard InChI is InChI=1S/C10H8ClNO4/c1-2-3-6-4-8(12(15)16)7(5-13)9(11)10(6)14/h2,4-5,14H,1,3H2. The Kier molecular flexibility index (Phi) is 3.63. The molecule has 0 heterocycles. The summed E-state index contributed by atoms with van der Waals surface area (Å²) in [6, 6.07) is 1.12. The number of hydrogen-bond donors (Lipinski definition) is 1. The molecule has 0 atom stereocenters. The van der Waals surface area contributed by atoms with E-state index in [0.717, 1.165) is 6.07 Å². The van der Waals surface area contributed by atoms with Crippen molar-refractivity contribution in [2.24, 2.45) is 0 Å². The fourth-order valence-corrected chi connectivity index (χ4v) is 1.53. The van der Waals surface area contributed by atoms with Crippen molar-refractivity contribution in [2.45, 2.75) is 6.42 Å². The number of phenols is 1. The number of aromatic hydroxyl groups is 1. The number of aldehydes is 1. The van der Waals surface area contributed by atoms with Crippen molar-refractivity contribution in [3.8, 4) is 5.75 Å². The number of carbonyl (C=O) groups is 1. The monoisotopic (exact) mass is 241 g/mol. The predicted octanol–water partition coefficient (Wildman–Crippen LogP) is 2.49. The van der Waals surface area contributed by atoms with Crippen LogP contribution in [0.15, 0.2) is 18.7 Å². The van der Waals surface area contributed by atoms with Gasteiger partial charge in [0, 0.05) is 11.6 Å². The molecule has 1 aromatic carbocycles. The minimum atomic E-state index is -0.721. The highest BCUT2D eigenvalue weighted by molar-refractivity contribution is 6.35. The lowest BCUT2D eigenvalue weighted by Crippen LogP contribution is -1.98. The lowest BCUT2D eigenvalue weighted by Gasteiger charge is -2.06. The number of rotatable bonds is 4. The van der Waals surface area contributed by atoms with Gasteiger partial charge in [-0.1, -0.05) is 17.7 Å². The number of nitro groups is 1. The van der Waals surface area contributed by atoms with Gasteiger partial charge in [-0.3, -0.25) is 14.9 Å². The number of phenolic OH excluding ortho intramolecular Hbond substituents is 1. The molecule has 0 unspecified atom stereocenters. The second-order valence-corrected chi connectivity index (χ2v) is 3.38. The maximum absolute atomic E-state index is 10.7. The zero-order chi connectivity index (χ0) is 12.3. The fourth-order valence-electron chi connectivity index (χ4n) is 1.27. The van der Waals surface area contributed by atoms with Crippen molar-refractivity contribution in [3.63, 3.8) is 0 Å². The highest BCUT2D eigenvalue weighted by Crippen LogP contribution is 2.36. The zero-order valence-electron chi connectivity index (χ0n) is 8.14. The Bertz CT molecular complexity index is 470. The van der Waals surface area contributed by atoms with Gasteiger partial charge in [-0.25, -0.2) is 0 Å². The second kappa shape index (κ2) is 4.76. The third-order valence-corrected chi connectivity index (χ3v) is 2.40. The van der Waals surface area contributed by atoms with Crippen LogP contribution in [0.1, 0.15) is 15.9 Å². The Hall–Kier alpha value is -1.88. The minimum absolute atomic E-state index is 0.228. The molecule has 0 aliphatic heterocycles. The van der Waals surface area contributed by atoms with Gasteiger partial charge in [-0.05, 0) is 6.42 Å². The van der Waals surface area contributed by atoms with Gasteiger partial charge < -0.3 is 5.11 Å². The molecule has 0 aliphatic rings. The van der Waals surface area contributed by atoms with E-state index in [1.54, 1.807) is 0 Å². The van der Waals surface area contributed by atoms with Crippen LogP contribution in [0.3, 0.4) is 0 Å². The van der Waals surface area contributed by atoms with Crippen molar-refractivity contribution in [2.75, 3.05) is 0 Å². The van der Waals surface area contributed by atoms with Gasteiger partial charge in [0.1, 0.15) is 16.3 Å². The van der Waals surface area contributed by atoms with E-state index in [1.807, 2.05) is 0 Å². The van der Waals surface area contributed by atoms with Crippen LogP contribution in [0.25, 0.3) is 0 Å². The summed E-state index contributed by atoms with van der Waals surface area (Å²) in [5, 5.41) is 20.0. The zero-order valence-corrected chi connectivity index (χ0v) is 8.90. The first kappa shape index (κ1) is 12.2. The molecule has 0 aromatic heterocycles. The summed E-state index contributed by atoms with van der Waals surface area (Å²) in [4.78, 5) is 20.6. The molecule has 0 aliphatic carbocycles. The number of hydrogen-bond acceptors (Lipinski definition) is 4. The summed E-state index contributed by atoms with van der Waals surface area (Å²) < 4.78 is 0. The van der Waals surface area contributed by atoms with Crippen LogP contribution in [0.5, 0.6) is 5.75 Å². The van der Waals surface area contributed by atoms with Gasteiger partial charge in [0.2, 0.25) is 0 Å². The molecule has 0 amide bonds. The third-order valence-electron chi connectivity index (χ3n) is 2.01. The van der Waals surface area contributed by atoms with Gasteiger partial charge in [0.05, 0.1) is 4.92 Å². The number of carbonyl (C=O) groups excluding carboxylic acids is 1. The minimum Gasteiger partial charge on any atom is -0.506 e. The van der Waals surface area contributed by atoms with E-state index >= 15 is 0 Å². The molecule has 5 nitrogen and oxygen atoms in total. The van der Waals surface area contributed by atoms with Crippen LogP contribution in [-0.2, 0) is 6.42 Å². The molecular weight excluding hydrogens is 234 g/mol. The Labute approximate surface area is 96.1 Å². The fraction of sp³-hybridized carbons (Fsp3) is 0.100. The van der Waals surface area contributed by atoms with E-state index < -0.39 is 10.6 Å². The van der Waals surface area contributed by atoms with Crippen LogP contribution in [0.4, 0.5) is 5.69 Å². The molecule has 6 heteroatoms. The SMILES string of the molecule is C=CCc1cc([N+](=O)[O-])c(C=O)c(Cl)c1O. The van der Waals surface area contributed by atoms with Gasteiger partial charge in [0.15, 0.2) is 6.29 Å². The lowest BCUT2D eigenvalue weighted by atomic mass is 10.1. The molecule has 0 bridgehead atoms. The average molecular weight is 242 g/mol. The van der Waals surface area contributed by atoms with Gasteiger partial charge in [0.25, 0.3) is 5.69 Å². The molecule has 1 N–H and O–H groups in total. The van der Waals surface area contributed by atoms with E-state index in [-0.39, 0.29) is 34.6 Å². The molecule has 1 rings (SSSR count). The third kappa shape index (κ3) is 2.04. The van der Waals surface area contributed by atoms with Crippen molar-refractivity contribution < 1.29 is 14.8 Å². The Morgan fingerprint density at radius 2 is 2.25 bits per heavy atom. The maximum Gasteiger partial charge on any atom is 0.281 e. The van der Waals surface area contributed by atoms with E-state index in [2.05, 4.69) is 6.58 Å². The number of halogens is 1. The Morgan fingerprint density at radius 1 is 1.62 bits per heavy atom. The molecule has 1 aromatic rings. The molecule has 16 heavy (non-hydrogen) atoms. The summed E-state index contributed by atoms with van der Waals surface area (Å²) in [7, 11) is 0. The molecule has 0 saturated carbocycles. The average Bonchev–Trinajstić information content (AvgIpc) is 2.24. The van der Waals surface area contributed by atoms with Crippen LogP contribution in [-0.4, -0.2) is 16.3 Å². The molecule has 0 fully saturated rings. The molecular formula is C10H8ClNO4. The van der Waals surface area contributed by atoms with Gasteiger partial charge in [-0.2, -0.15) is 0 Å². The summed E-state index contributed by atoms with van der Waals surface area (Å²) in [6.07, 6.45) is 1.94. The Morgan fingerprint density at radius 3 is 2.69 bits per heavy atom. The Balaban J connectivity index is 3.54. The number of allylic oxidation sites excluding steroid dienone is 1. The summed E-state index contributed by atoms with van der Waals surface area (Å²) in [6.45, 7) is 3.45. The van der Waals surface area contributed by atoms with Gasteiger partial charge >= 0.3 is 0 Å². The van der Waals surface area contributed by atoms with Crippen LogP contribution < -0.4 is 0 Å². The van der Waals surface area contributed by atoms with Crippen LogP contribution in [0, 0.1) is 10.1 Å². The van der Waals surface area contributed by atoms with E-state index in [0.29, 0.717) is 0 Å². The second-order valence-electron chi connectivity index (χ2n) is 3.00.